The number of nitrogens with one attached hydrogen (secondary N) is 1. The number of rotatable bonds is 2. The maximum Gasteiger partial charge on any atom is 0.411 e. The van der Waals surface area contributed by atoms with Gasteiger partial charge in [0.05, 0.1) is 11.8 Å². The second kappa shape index (κ2) is 3.33. The normalized spacial score (nSPS) is 17.6. The van der Waals surface area contributed by atoms with E-state index < -0.39 is 11.7 Å². The van der Waals surface area contributed by atoms with E-state index in [1.54, 1.807) is 6.07 Å². The summed E-state index contributed by atoms with van der Waals surface area (Å²) in [5.41, 5.74) is -1.86. The lowest BCUT2D eigenvalue weighted by Crippen LogP contribution is -2.39. The molecule has 0 radical (unpaired) electrons. The molecule has 2 rings (SSSR count). The SMILES string of the molecule is N#Cc1ccnnc1NC1(C(F)(F)F)CC1. The Hall–Kier alpha value is -1.84. The van der Waals surface area contributed by atoms with Crippen molar-refractivity contribution < 1.29 is 13.2 Å². The average molecular weight is 228 g/mol. The largest absolute Gasteiger partial charge is 0.411 e. The molecule has 1 aromatic heterocycles. The number of nitriles is 1. The third-order valence-electron chi connectivity index (χ3n) is 2.49. The Morgan fingerprint density at radius 1 is 1.44 bits per heavy atom. The second-order valence-corrected chi connectivity index (χ2v) is 3.61. The summed E-state index contributed by atoms with van der Waals surface area (Å²) < 4.78 is 37.9. The first kappa shape index (κ1) is 10.7. The molecule has 4 nitrogen and oxygen atoms in total. The average Bonchev–Trinajstić information content (AvgIpc) is 2.99. The molecule has 1 aliphatic carbocycles. The summed E-state index contributed by atoms with van der Waals surface area (Å²) >= 11 is 0. The van der Waals surface area contributed by atoms with Gasteiger partial charge in [0, 0.05) is 0 Å². The number of aromatic nitrogens is 2. The van der Waals surface area contributed by atoms with Crippen LogP contribution < -0.4 is 5.32 Å². The van der Waals surface area contributed by atoms with Crippen LogP contribution in [-0.2, 0) is 0 Å². The maximum absolute atomic E-state index is 12.6. The fraction of sp³-hybridized carbons (Fsp3) is 0.444. The van der Waals surface area contributed by atoms with Gasteiger partial charge >= 0.3 is 6.18 Å². The van der Waals surface area contributed by atoms with E-state index in [1.165, 1.54) is 12.3 Å². The van der Waals surface area contributed by atoms with Gasteiger partial charge in [-0.3, -0.25) is 0 Å². The van der Waals surface area contributed by atoms with Crippen LogP contribution in [0.4, 0.5) is 19.0 Å². The Kier molecular flexibility index (Phi) is 2.22. The van der Waals surface area contributed by atoms with E-state index in [-0.39, 0.29) is 24.2 Å². The van der Waals surface area contributed by atoms with Crippen LogP contribution in [0.15, 0.2) is 12.3 Å². The predicted octanol–water partition coefficient (Wildman–Crippen LogP) is 1.86. The molecule has 0 amide bonds. The second-order valence-electron chi connectivity index (χ2n) is 3.61. The molecule has 7 heteroatoms. The van der Waals surface area contributed by atoms with Gasteiger partial charge < -0.3 is 5.32 Å². The standard InChI is InChI=1S/C9H7F3N4/c10-9(11,12)8(2-3-8)15-7-6(5-13)1-4-14-16-7/h1,4H,2-3H2,(H,15,16). The summed E-state index contributed by atoms with van der Waals surface area (Å²) in [6.07, 6.45) is -3.08. The van der Waals surface area contributed by atoms with Gasteiger partial charge in [-0.25, -0.2) is 0 Å². The molecule has 1 heterocycles. The molecule has 0 spiro atoms. The van der Waals surface area contributed by atoms with Gasteiger partial charge in [0.15, 0.2) is 5.82 Å². The van der Waals surface area contributed by atoms with Crippen molar-refractivity contribution in [3.05, 3.63) is 17.8 Å². The van der Waals surface area contributed by atoms with E-state index >= 15 is 0 Å². The van der Waals surface area contributed by atoms with Crippen molar-refractivity contribution in [3.63, 3.8) is 0 Å². The van der Waals surface area contributed by atoms with Crippen LogP contribution in [0.1, 0.15) is 18.4 Å². The zero-order valence-electron chi connectivity index (χ0n) is 8.04. The minimum Gasteiger partial charge on any atom is -0.354 e. The molecule has 1 aromatic rings. The van der Waals surface area contributed by atoms with Crippen molar-refractivity contribution in [1.29, 1.82) is 5.26 Å². The molecule has 1 N–H and O–H groups in total. The Morgan fingerprint density at radius 3 is 2.62 bits per heavy atom. The van der Waals surface area contributed by atoms with Gasteiger partial charge in [-0.2, -0.15) is 23.5 Å². The lowest BCUT2D eigenvalue weighted by atomic mass is 10.2. The van der Waals surface area contributed by atoms with E-state index in [4.69, 9.17) is 5.26 Å². The van der Waals surface area contributed by atoms with Crippen molar-refractivity contribution in [2.24, 2.45) is 0 Å². The zero-order valence-corrected chi connectivity index (χ0v) is 8.04. The fourth-order valence-electron chi connectivity index (χ4n) is 1.35. The van der Waals surface area contributed by atoms with E-state index in [1.807, 2.05) is 0 Å². The molecular formula is C9H7F3N4. The lowest BCUT2D eigenvalue weighted by Gasteiger charge is -2.21. The van der Waals surface area contributed by atoms with Crippen LogP contribution in [0, 0.1) is 11.3 Å². The molecule has 16 heavy (non-hydrogen) atoms. The Labute approximate surface area is 89.1 Å². The predicted molar refractivity (Wildman–Crippen MR) is 48.4 cm³/mol. The summed E-state index contributed by atoms with van der Waals surface area (Å²) in [4.78, 5) is 0. The molecular weight excluding hydrogens is 221 g/mol. The zero-order chi connectivity index (χ0) is 11.8. The lowest BCUT2D eigenvalue weighted by molar-refractivity contribution is -0.151. The molecule has 0 aliphatic heterocycles. The number of hydrogen-bond donors (Lipinski definition) is 1. The van der Waals surface area contributed by atoms with Gasteiger partial charge in [-0.05, 0) is 18.9 Å². The molecule has 0 unspecified atom stereocenters. The van der Waals surface area contributed by atoms with Crippen LogP contribution >= 0.6 is 0 Å². The summed E-state index contributed by atoms with van der Waals surface area (Å²) in [7, 11) is 0. The topological polar surface area (TPSA) is 61.6 Å². The van der Waals surface area contributed by atoms with Crippen LogP contribution in [-0.4, -0.2) is 21.9 Å². The van der Waals surface area contributed by atoms with Crippen LogP contribution in [0.25, 0.3) is 0 Å². The minimum atomic E-state index is -4.34. The smallest absolute Gasteiger partial charge is 0.354 e. The third kappa shape index (κ3) is 1.66. The van der Waals surface area contributed by atoms with Gasteiger partial charge in [0.1, 0.15) is 11.6 Å². The maximum atomic E-state index is 12.6. The van der Waals surface area contributed by atoms with E-state index in [2.05, 4.69) is 15.5 Å². The quantitative estimate of drug-likeness (QED) is 0.839. The van der Waals surface area contributed by atoms with Gasteiger partial charge in [-0.15, -0.1) is 5.10 Å². The highest BCUT2D eigenvalue weighted by atomic mass is 19.4. The van der Waals surface area contributed by atoms with Crippen LogP contribution in [0.5, 0.6) is 0 Å². The third-order valence-corrected chi connectivity index (χ3v) is 2.49. The molecule has 0 aromatic carbocycles. The highest BCUT2D eigenvalue weighted by Gasteiger charge is 2.63. The highest BCUT2D eigenvalue weighted by molar-refractivity contribution is 5.53. The fourth-order valence-corrected chi connectivity index (χ4v) is 1.35. The van der Waals surface area contributed by atoms with E-state index in [0.717, 1.165) is 0 Å². The Balaban J connectivity index is 2.26. The van der Waals surface area contributed by atoms with Gasteiger partial charge in [-0.1, -0.05) is 0 Å². The monoisotopic (exact) mass is 228 g/mol. The summed E-state index contributed by atoms with van der Waals surface area (Å²) in [6.45, 7) is 0. The highest BCUT2D eigenvalue weighted by Crippen LogP contribution is 2.51. The summed E-state index contributed by atoms with van der Waals surface area (Å²) in [6, 6.07) is 3.09. The summed E-state index contributed by atoms with van der Waals surface area (Å²) in [5.74, 6) is -0.111. The number of hydrogen-bond acceptors (Lipinski definition) is 4. The molecule has 0 atom stereocenters. The number of nitrogens with zero attached hydrogens (tertiary/aromatic N) is 3. The molecule has 0 bridgehead atoms. The Bertz CT molecular complexity index is 445. The van der Waals surface area contributed by atoms with E-state index in [0.29, 0.717) is 0 Å². The van der Waals surface area contributed by atoms with Crippen molar-refractivity contribution in [1.82, 2.24) is 10.2 Å². The molecule has 1 fully saturated rings. The first-order valence-electron chi connectivity index (χ1n) is 4.55. The van der Waals surface area contributed by atoms with Crippen molar-refractivity contribution in [2.45, 2.75) is 24.6 Å². The molecule has 1 saturated carbocycles. The number of alkyl halides is 3. The number of halogens is 3. The molecule has 1 aliphatic rings. The number of anilines is 1. The molecule has 0 saturated heterocycles. The molecule has 84 valence electrons. The minimum absolute atomic E-state index is 0.00204. The summed E-state index contributed by atoms with van der Waals surface area (Å²) in [5, 5.41) is 17.9. The van der Waals surface area contributed by atoms with Crippen molar-refractivity contribution in [2.75, 3.05) is 5.32 Å². The van der Waals surface area contributed by atoms with E-state index in [9.17, 15) is 13.2 Å². The first-order valence-corrected chi connectivity index (χ1v) is 4.55. The first-order chi connectivity index (χ1) is 7.48. The van der Waals surface area contributed by atoms with Crippen molar-refractivity contribution in [3.8, 4) is 6.07 Å². The van der Waals surface area contributed by atoms with Crippen LogP contribution in [0.2, 0.25) is 0 Å². The Morgan fingerprint density at radius 2 is 2.12 bits per heavy atom. The van der Waals surface area contributed by atoms with Crippen LogP contribution in [0.3, 0.4) is 0 Å². The van der Waals surface area contributed by atoms with Gasteiger partial charge in [0.2, 0.25) is 0 Å². The van der Waals surface area contributed by atoms with Crippen molar-refractivity contribution >= 4 is 5.82 Å². The van der Waals surface area contributed by atoms with Gasteiger partial charge in [0.25, 0.3) is 0 Å².